The molecule has 146 valence electrons. The number of tetrazole rings is 1. The van der Waals surface area contributed by atoms with Crippen molar-refractivity contribution in [3.05, 3.63) is 60.4 Å². The van der Waals surface area contributed by atoms with Crippen molar-refractivity contribution in [2.75, 3.05) is 5.32 Å². The van der Waals surface area contributed by atoms with Crippen LogP contribution in [0.2, 0.25) is 0 Å². The number of pyridine rings is 2. The number of carbonyl (C=O) groups is 2. The van der Waals surface area contributed by atoms with Gasteiger partial charge in [0.15, 0.2) is 5.78 Å². The molecule has 0 spiro atoms. The normalized spacial score (nSPS) is 11.1. The quantitative estimate of drug-likeness (QED) is 0.499. The monoisotopic (exact) mass is 390 g/mol. The molecule has 1 amide bonds. The molecule has 0 fully saturated rings. The summed E-state index contributed by atoms with van der Waals surface area (Å²) in [5.74, 6) is -0.240. The molecule has 0 aliphatic carbocycles. The van der Waals surface area contributed by atoms with Crippen LogP contribution < -0.4 is 5.32 Å². The number of hydrogen-bond donors (Lipinski definition) is 1. The minimum absolute atomic E-state index is 0.0552. The molecule has 4 heterocycles. The van der Waals surface area contributed by atoms with Crippen LogP contribution in [-0.2, 0) is 11.3 Å². The van der Waals surface area contributed by atoms with E-state index in [4.69, 9.17) is 0 Å². The Morgan fingerprint density at radius 3 is 2.83 bits per heavy atom. The number of anilines is 1. The van der Waals surface area contributed by atoms with E-state index in [1.807, 2.05) is 16.8 Å². The maximum atomic E-state index is 13.2. The lowest BCUT2D eigenvalue weighted by molar-refractivity contribution is -0.117. The molecule has 0 saturated carbocycles. The Labute approximate surface area is 165 Å². The zero-order chi connectivity index (χ0) is 20.4. The van der Waals surface area contributed by atoms with Crippen LogP contribution in [0, 0.1) is 0 Å². The molecule has 0 radical (unpaired) electrons. The average molecular weight is 390 g/mol. The zero-order valence-electron chi connectivity index (χ0n) is 15.9. The highest BCUT2D eigenvalue weighted by Crippen LogP contribution is 2.26. The molecule has 0 bridgehead atoms. The van der Waals surface area contributed by atoms with E-state index < -0.39 is 0 Å². The first-order valence-electron chi connectivity index (χ1n) is 8.99. The average Bonchev–Trinajstić information content (AvgIpc) is 3.35. The highest BCUT2D eigenvalue weighted by Gasteiger charge is 2.19. The molecule has 0 saturated heterocycles. The zero-order valence-corrected chi connectivity index (χ0v) is 15.9. The molecule has 10 heteroatoms. The molecule has 0 atom stereocenters. The standard InChI is InChI=1S/C19H18N8O2/c1-12(2)27-9-15(14-8-20-5-4-16(14)27)19(29)13-3-6-21-17(7-13)23-18(28)10-26-11-22-24-25-26/h3-9,11-12H,10H2,1-2H3,(H,21,23,28). The van der Waals surface area contributed by atoms with E-state index in [0.29, 0.717) is 11.1 Å². The van der Waals surface area contributed by atoms with Crippen LogP contribution in [0.15, 0.2) is 49.3 Å². The first kappa shape index (κ1) is 18.4. The molecule has 4 rings (SSSR count). The van der Waals surface area contributed by atoms with Gasteiger partial charge in [-0.2, -0.15) is 0 Å². The summed E-state index contributed by atoms with van der Waals surface area (Å²) in [6.45, 7) is 4.05. The summed E-state index contributed by atoms with van der Waals surface area (Å²) in [6, 6.07) is 5.26. The number of nitrogens with zero attached hydrogens (tertiary/aromatic N) is 7. The van der Waals surface area contributed by atoms with Gasteiger partial charge >= 0.3 is 0 Å². The molecule has 0 aliphatic rings. The number of ketones is 1. The number of nitrogens with one attached hydrogen (secondary N) is 1. The second kappa shape index (κ2) is 7.58. The van der Waals surface area contributed by atoms with Gasteiger partial charge in [-0.25, -0.2) is 9.67 Å². The van der Waals surface area contributed by atoms with Crippen LogP contribution in [0.5, 0.6) is 0 Å². The van der Waals surface area contributed by atoms with Crippen LogP contribution >= 0.6 is 0 Å². The number of hydrogen-bond acceptors (Lipinski definition) is 7. The van der Waals surface area contributed by atoms with Crippen LogP contribution in [0.1, 0.15) is 35.8 Å². The third kappa shape index (κ3) is 3.72. The van der Waals surface area contributed by atoms with Gasteiger partial charge in [0.05, 0.1) is 5.52 Å². The predicted octanol–water partition coefficient (Wildman–Crippen LogP) is 1.87. The Balaban J connectivity index is 1.61. The lowest BCUT2D eigenvalue weighted by atomic mass is 10.0. The third-order valence-electron chi connectivity index (χ3n) is 4.42. The van der Waals surface area contributed by atoms with Gasteiger partial charge in [-0.15, -0.1) is 5.10 Å². The van der Waals surface area contributed by atoms with E-state index in [1.54, 1.807) is 24.5 Å². The number of fused-ring (bicyclic) bond motifs is 1. The minimum Gasteiger partial charge on any atom is -0.344 e. The summed E-state index contributed by atoms with van der Waals surface area (Å²) < 4.78 is 3.33. The second-order valence-corrected chi connectivity index (χ2v) is 6.75. The first-order chi connectivity index (χ1) is 14.0. The minimum atomic E-state index is -0.352. The molecule has 0 aliphatic heterocycles. The van der Waals surface area contributed by atoms with E-state index in [1.165, 1.54) is 17.2 Å². The van der Waals surface area contributed by atoms with E-state index in [9.17, 15) is 9.59 Å². The van der Waals surface area contributed by atoms with Crippen molar-refractivity contribution in [3.8, 4) is 0 Å². The molecular weight excluding hydrogens is 372 g/mol. The molecule has 29 heavy (non-hydrogen) atoms. The van der Waals surface area contributed by atoms with Gasteiger partial charge in [-0.05, 0) is 42.5 Å². The summed E-state index contributed by atoms with van der Waals surface area (Å²) in [7, 11) is 0. The molecule has 0 unspecified atom stereocenters. The van der Waals surface area contributed by atoms with Crippen LogP contribution in [0.3, 0.4) is 0 Å². The fourth-order valence-electron chi connectivity index (χ4n) is 3.08. The van der Waals surface area contributed by atoms with Crippen molar-refractivity contribution in [1.82, 2.24) is 34.7 Å². The van der Waals surface area contributed by atoms with Gasteiger partial charge in [0, 0.05) is 47.3 Å². The van der Waals surface area contributed by atoms with Crippen molar-refractivity contribution in [2.45, 2.75) is 26.4 Å². The van der Waals surface area contributed by atoms with Gasteiger partial charge in [0.2, 0.25) is 5.91 Å². The largest absolute Gasteiger partial charge is 0.344 e. The molecular formula is C19H18N8O2. The Morgan fingerprint density at radius 2 is 2.07 bits per heavy atom. The highest BCUT2D eigenvalue weighted by atomic mass is 16.2. The van der Waals surface area contributed by atoms with E-state index in [0.717, 1.165) is 10.9 Å². The number of rotatable bonds is 6. The van der Waals surface area contributed by atoms with E-state index in [-0.39, 0.29) is 30.1 Å². The lowest BCUT2D eigenvalue weighted by Gasteiger charge is -2.08. The van der Waals surface area contributed by atoms with E-state index in [2.05, 4.69) is 44.7 Å². The maximum Gasteiger partial charge on any atom is 0.247 e. The van der Waals surface area contributed by atoms with Crippen LogP contribution in [0.25, 0.3) is 10.9 Å². The molecule has 0 aromatic carbocycles. The van der Waals surface area contributed by atoms with Gasteiger partial charge in [-0.3, -0.25) is 14.6 Å². The van der Waals surface area contributed by atoms with Gasteiger partial charge < -0.3 is 9.88 Å². The Morgan fingerprint density at radius 1 is 1.21 bits per heavy atom. The highest BCUT2D eigenvalue weighted by molar-refractivity contribution is 6.16. The van der Waals surface area contributed by atoms with Gasteiger partial charge in [0.25, 0.3) is 0 Å². The van der Waals surface area contributed by atoms with Gasteiger partial charge in [-0.1, -0.05) is 0 Å². The summed E-state index contributed by atoms with van der Waals surface area (Å²) in [5.41, 5.74) is 1.92. The second-order valence-electron chi connectivity index (χ2n) is 6.75. The summed E-state index contributed by atoms with van der Waals surface area (Å²) in [4.78, 5) is 33.6. The van der Waals surface area contributed by atoms with Crippen molar-refractivity contribution in [3.63, 3.8) is 0 Å². The summed E-state index contributed by atoms with van der Waals surface area (Å²) in [5, 5.41) is 14.0. The number of carbonyl (C=O) groups excluding carboxylic acids is 2. The van der Waals surface area contributed by atoms with Crippen molar-refractivity contribution < 1.29 is 9.59 Å². The smallest absolute Gasteiger partial charge is 0.247 e. The van der Waals surface area contributed by atoms with Crippen molar-refractivity contribution in [1.29, 1.82) is 0 Å². The molecule has 4 aromatic heterocycles. The number of aromatic nitrogens is 7. The molecule has 1 N–H and O–H groups in total. The van der Waals surface area contributed by atoms with Crippen molar-refractivity contribution in [2.24, 2.45) is 0 Å². The first-order valence-corrected chi connectivity index (χ1v) is 8.99. The fraction of sp³-hybridized carbons (Fsp3) is 0.211. The fourth-order valence-corrected chi connectivity index (χ4v) is 3.08. The maximum absolute atomic E-state index is 13.2. The molecule has 4 aromatic rings. The van der Waals surface area contributed by atoms with E-state index >= 15 is 0 Å². The number of amides is 1. The Kier molecular flexibility index (Phi) is 4.82. The third-order valence-corrected chi connectivity index (χ3v) is 4.42. The summed E-state index contributed by atoms with van der Waals surface area (Å²) in [6.07, 6.45) is 8.07. The topological polar surface area (TPSA) is 120 Å². The summed E-state index contributed by atoms with van der Waals surface area (Å²) >= 11 is 0. The SMILES string of the molecule is CC(C)n1cc(C(=O)c2ccnc(NC(=O)Cn3cnnn3)c2)c2cnccc21. The Bertz CT molecular complexity index is 1180. The van der Waals surface area contributed by atoms with Gasteiger partial charge in [0.1, 0.15) is 18.7 Å². The predicted molar refractivity (Wildman–Crippen MR) is 104 cm³/mol. The van der Waals surface area contributed by atoms with Crippen LogP contribution in [0.4, 0.5) is 5.82 Å². The van der Waals surface area contributed by atoms with Crippen molar-refractivity contribution >= 4 is 28.4 Å². The molecule has 10 nitrogen and oxygen atoms in total. The van der Waals surface area contributed by atoms with Crippen LogP contribution in [-0.4, -0.2) is 46.4 Å². The lowest BCUT2D eigenvalue weighted by Crippen LogP contribution is -2.20. The Hall–Kier alpha value is -3.95.